The lowest BCUT2D eigenvalue weighted by Crippen LogP contribution is -2.51. The molecule has 1 atom stereocenters. The summed E-state index contributed by atoms with van der Waals surface area (Å²) in [4.78, 5) is 27.8. The van der Waals surface area contributed by atoms with Gasteiger partial charge in [-0.3, -0.25) is 9.59 Å². The molecule has 1 N–H and O–H groups in total. The third-order valence-corrected chi connectivity index (χ3v) is 6.16. The first-order chi connectivity index (χ1) is 14.9. The van der Waals surface area contributed by atoms with Crippen LogP contribution in [0.5, 0.6) is 0 Å². The van der Waals surface area contributed by atoms with E-state index in [1.54, 1.807) is 16.7 Å². The van der Waals surface area contributed by atoms with Gasteiger partial charge in [-0.25, -0.2) is 0 Å². The monoisotopic (exact) mass is 440 g/mol. The van der Waals surface area contributed by atoms with Gasteiger partial charge >= 0.3 is 0 Å². The maximum Gasteiger partial charge on any atom is 0.242 e. The van der Waals surface area contributed by atoms with Crippen molar-refractivity contribution in [1.82, 2.24) is 10.2 Å². The number of hydrogen-bond acceptors (Lipinski definition) is 3. The molecule has 0 fully saturated rings. The lowest BCUT2D eigenvalue weighted by atomic mass is 10.1. The summed E-state index contributed by atoms with van der Waals surface area (Å²) in [5.74, 6) is 1.51. The van der Waals surface area contributed by atoms with Crippen molar-refractivity contribution in [2.45, 2.75) is 52.3 Å². The van der Waals surface area contributed by atoms with Crippen LogP contribution in [0, 0.1) is 12.8 Å². The lowest BCUT2D eigenvalue weighted by Gasteiger charge is -2.31. The molecule has 0 saturated carbocycles. The van der Waals surface area contributed by atoms with Crippen molar-refractivity contribution >= 4 is 23.6 Å². The van der Waals surface area contributed by atoms with Gasteiger partial charge in [0.05, 0.1) is 5.75 Å². The highest BCUT2D eigenvalue weighted by Crippen LogP contribution is 2.16. The van der Waals surface area contributed by atoms with Crippen molar-refractivity contribution in [3.8, 4) is 0 Å². The average Bonchev–Trinajstić information content (AvgIpc) is 2.77. The lowest BCUT2D eigenvalue weighted by molar-refractivity contribution is -0.138. The van der Waals surface area contributed by atoms with Crippen LogP contribution in [-0.4, -0.2) is 41.6 Å². The zero-order chi connectivity index (χ0) is 22.6. The molecule has 2 amide bonds. The van der Waals surface area contributed by atoms with Crippen LogP contribution in [0.15, 0.2) is 54.6 Å². The summed E-state index contributed by atoms with van der Waals surface area (Å²) in [7, 11) is 0. The van der Waals surface area contributed by atoms with Crippen LogP contribution in [0.4, 0.5) is 0 Å². The van der Waals surface area contributed by atoms with E-state index in [-0.39, 0.29) is 11.8 Å². The first kappa shape index (κ1) is 25.0. The Labute approximate surface area is 191 Å². The van der Waals surface area contributed by atoms with E-state index in [2.05, 4.69) is 62.5 Å². The summed E-state index contributed by atoms with van der Waals surface area (Å²) in [6.45, 7) is 9.35. The van der Waals surface area contributed by atoms with Crippen LogP contribution in [-0.2, 0) is 21.8 Å². The molecule has 0 heterocycles. The van der Waals surface area contributed by atoms with E-state index in [9.17, 15) is 9.59 Å². The molecule has 0 aliphatic carbocycles. The molecule has 0 saturated heterocycles. The molecule has 0 unspecified atom stereocenters. The van der Waals surface area contributed by atoms with Crippen LogP contribution in [0.1, 0.15) is 43.9 Å². The Morgan fingerprint density at radius 2 is 1.68 bits per heavy atom. The Hall–Kier alpha value is -2.27. The normalized spacial score (nSPS) is 11.9. The van der Waals surface area contributed by atoms with Crippen LogP contribution >= 0.6 is 11.8 Å². The highest BCUT2D eigenvalue weighted by atomic mass is 32.2. The Kier molecular flexibility index (Phi) is 10.6. The van der Waals surface area contributed by atoms with E-state index in [1.165, 1.54) is 16.7 Å². The number of rotatable bonds is 12. The zero-order valence-corrected chi connectivity index (χ0v) is 20.1. The first-order valence-corrected chi connectivity index (χ1v) is 12.3. The summed E-state index contributed by atoms with van der Waals surface area (Å²) < 4.78 is 0. The number of carbonyl (C=O) groups excluding carboxylic acids is 2. The highest BCUT2D eigenvalue weighted by Gasteiger charge is 2.28. The molecule has 2 rings (SSSR count). The largest absolute Gasteiger partial charge is 0.354 e. The number of amides is 2. The molecule has 168 valence electrons. The number of benzene rings is 2. The van der Waals surface area contributed by atoms with Crippen molar-refractivity contribution in [3.05, 3.63) is 71.3 Å². The highest BCUT2D eigenvalue weighted by molar-refractivity contribution is 7.99. The van der Waals surface area contributed by atoms with Gasteiger partial charge in [0.25, 0.3) is 0 Å². The smallest absolute Gasteiger partial charge is 0.242 e. The molecular weight excluding hydrogens is 404 g/mol. The molecule has 0 aromatic heterocycles. The molecular formula is C26H36N2O2S. The van der Waals surface area contributed by atoms with E-state index in [4.69, 9.17) is 0 Å². The van der Waals surface area contributed by atoms with Gasteiger partial charge < -0.3 is 10.2 Å². The van der Waals surface area contributed by atoms with Gasteiger partial charge in [0.1, 0.15) is 6.04 Å². The van der Waals surface area contributed by atoms with Gasteiger partial charge in [-0.2, -0.15) is 0 Å². The second-order valence-corrected chi connectivity index (χ2v) is 9.35. The molecule has 0 bridgehead atoms. The van der Waals surface area contributed by atoms with Crippen LogP contribution in [0.25, 0.3) is 0 Å². The summed E-state index contributed by atoms with van der Waals surface area (Å²) >= 11 is 1.61. The predicted molar refractivity (Wildman–Crippen MR) is 131 cm³/mol. The van der Waals surface area contributed by atoms with Crippen molar-refractivity contribution in [2.24, 2.45) is 5.92 Å². The second kappa shape index (κ2) is 13.2. The average molecular weight is 441 g/mol. The van der Waals surface area contributed by atoms with Crippen LogP contribution < -0.4 is 5.32 Å². The van der Waals surface area contributed by atoms with E-state index in [0.29, 0.717) is 31.2 Å². The Balaban J connectivity index is 2.03. The number of carbonyl (C=O) groups is 2. The van der Waals surface area contributed by atoms with Gasteiger partial charge in [-0.15, -0.1) is 11.8 Å². The number of thioether (sulfide) groups is 1. The minimum absolute atomic E-state index is 0.0274. The fourth-order valence-corrected chi connectivity index (χ4v) is 4.21. The molecule has 31 heavy (non-hydrogen) atoms. The molecule has 0 aliphatic rings. The number of aryl methyl sites for hydroxylation is 1. The predicted octanol–water partition coefficient (Wildman–Crippen LogP) is 4.85. The fourth-order valence-electron chi connectivity index (χ4n) is 3.34. The quantitative estimate of drug-likeness (QED) is 0.513. The SMILES string of the molecule is CC[C@H](C(=O)NCC(C)C)N(CCc1ccccc1)C(=O)CSCc1ccc(C)cc1. The zero-order valence-electron chi connectivity index (χ0n) is 19.3. The van der Waals surface area contributed by atoms with Gasteiger partial charge in [0.2, 0.25) is 11.8 Å². The molecule has 0 spiro atoms. The third kappa shape index (κ3) is 8.78. The van der Waals surface area contributed by atoms with Crippen LogP contribution in [0.3, 0.4) is 0 Å². The molecule has 2 aromatic rings. The van der Waals surface area contributed by atoms with E-state index >= 15 is 0 Å². The maximum absolute atomic E-state index is 13.2. The molecule has 5 heteroatoms. The van der Waals surface area contributed by atoms with Crippen LogP contribution in [0.2, 0.25) is 0 Å². The number of nitrogens with one attached hydrogen (secondary N) is 1. The minimum atomic E-state index is -0.435. The van der Waals surface area contributed by atoms with Gasteiger partial charge in [-0.05, 0) is 36.8 Å². The molecule has 0 radical (unpaired) electrons. The van der Waals surface area contributed by atoms with Crippen molar-refractivity contribution in [2.75, 3.05) is 18.8 Å². The number of hydrogen-bond donors (Lipinski definition) is 1. The van der Waals surface area contributed by atoms with Crippen molar-refractivity contribution < 1.29 is 9.59 Å². The van der Waals surface area contributed by atoms with Crippen molar-refractivity contribution in [3.63, 3.8) is 0 Å². The molecule has 2 aromatic carbocycles. The summed E-state index contributed by atoms with van der Waals surface area (Å²) in [5, 5.41) is 3.01. The topological polar surface area (TPSA) is 49.4 Å². The second-order valence-electron chi connectivity index (χ2n) is 8.36. The maximum atomic E-state index is 13.2. The van der Waals surface area contributed by atoms with Gasteiger partial charge in [-0.1, -0.05) is 80.9 Å². The summed E-state index contributed by atoms with van der Waals surface area (Å²) in [6, 6.07) is 18.1. The Morgan fingerprint density at radius 3 is 2.29 bits per heavy atom. The van der Waals surface area contributed by atoms with E-state index < -0.39 is 6.04 Å². The number of nitrogens with zero attached hydrogens (tertiary/aromatic N) is 1. The van der Waals surface area contributed by atoms with Gasteiger partial charge in [0.15, 0.2) is 0 Å². The third-order valence-electron chi connectivity index (χ3n) is 5.17. The summed E-state index contributed by atoms with van der Waals surface area (Å²) in [5.41, 5.74) is 3.61. The Bertz CT molecular complexity index is 806. The molecule has 0 aliphatic heterocycles. The van der Waals surface area contributed by atoms with Gasteiger partial charge in [0, 0.05) is 18.8 Å². The van der Waals surface area contributed by atoms with Crippen molar-refractivity contribution in [1.29, 1.82) is 0 Å². The first-order valence-electron chi connectivity index (χ1n) is 11.1. The molecule has 4 nitrogen and oxygen atoms in total. The van der Waals surface area contributed by atoms with E-state index in [1.807, 2.05) is 25.1 Å². The van der Waals surface area contributed by atoms with E-state index in [0.717, 1.165) is 12.2 Å². The summed E-state index contributed by atoms with van der Waals surface area (Å²) in [6.07, 6.45) is 1.34. The fraction of sp³-hybridized carbons (Fsp3) is 0.462. The standard InChI is InChI=1S/C26H36N2O2S/c1-5-24(26(30)27-17-20(2)3)28(16-15-22-9-7-6-8-10-22)25(29)19-31-18-23-13-11-21(4)12-14-23/h6-14,20,24H,5,15-19H2,1-4H3,(H,27,30)/t24-/m1/s1. The Morgan fingerprint density at radius 1 is 1.00 bits per heavy atom. The minimum Gasteiger partial charge on any atom is -0.354 e.